The molecule has 5 heteroatoms. The van der Waals surface area contributed by atoms with Crippen LogP contribution in [0.3, 0.4) is 0 Å². The normalized spacial score (nSPS) is 31.2. The second kappa shape index (κ2) is 4.88. The molecule has 0 bridgehead atoms. The van der Waals surface area contributed by atoms with Gasteiger partial charge in [-0.2, -0.15) is 5.10 Å². The van der Waals surface area contributed by atoms with Crippen molar-refractivity contribution >= 4 is 5.97 Å². The van der Waals surface area contributed by atoms with Gasteiger partial charge in [-0.05, 0) is 12.8 Å². The van der Waals surface area contributed by atoms with Crippen LogP contribution in [0, 0.1) is 11.3 Å². The van der Waals surface area contributed by atoms with Crippen molar-refractivity contribution in [3.8, 4) is 0 Å². The maximum absolute atomic E-state index is 12.1. The molecule has 0 radical (unpaired) electrons. The van der Waals surface area contributed by atoms with Crippen molar-refractivity contribution in [1.82, 2.24) is 9.78 Å². The molecule has 0 spiro atoms. The first-order valence-electron chi connectivity index (χ1n) is 7.27. The van der Waals surface area contributed by atoms with Gasteiger partial charge in [0.15, 0.2) is 0 Å². The summed E-state index contributed by atoms with van der Waals surface area (Å²) < 4.78 is 13.2. The highest BCUT2D eigenvalue weighted by Gasteiger charge is 2.60. The molecule has 2 heterocycles. The Morgan fingerprint density at radius 3 is 3.10 bits per heavy atom. The van der Waals surface area contributed by atoms with Gasteiger partial charge in [-0.15, -0.1) is 0 Å². The number of ether oxygens (including phenoxy) is 2. The van der Waals surface area contributed by atoms with Gasteiger partial charge in [0.2, 0.25) is 0 Å². The van der Waals surface area contributed by atoms with Crippen molar-refractivity contribution in [2.75, 3.05) is 6.61 Å². The molecular weight excluding hydrogens is 256 g/mol. The lowest BCUT2D eigenvalue weighted by Crippen LogP contribution is -2.65. The molecule has 1 aliphatic carbocycles. The fourth-order valence-electron chi connectivity index (χ4n) is 3.63. The number of carbonyl (C=O) groups excluding carboxylic acids is 1. The van der Waals surface area contributed by atoms with Gasteiger partial charge in [-0.25, -0.2) is 0 Å². The van der Waals surface area contributed by atoms with Crippen molar-refractivity contribution < 1.29 is 14.3 Å². The average Bonchev–Trinajstić information content (AvgIpc) is 2.81. The lowest BCUT2D eigenvalue weighted by atomic mass is 9.57. The first kappa shape index (κ1) is 13.6. The number of hydrogen-bond donors (Lipinski definition) is 0. The van der Waals surface area contributed by atoms with E-state index in [9.17, 15) is 4.79 Å². The summed E-state index contributed by atoms with van der Waals surface area (Å²) in [6, 6.07) is 0. The zero-order chi connectivity index (χ0) is 14.3. The summed E-state index contributed by atoms with van der Waals surface area (Å²) in [7, 11) is 1.84. The van der Waals surface area contributed by atoms with Crippen LogP contribution >= 0.6 is 0 Å². The lowest BCUT2D eigenvalue weighted by molar-refractivity contribution is -0.254. The first-order chi connectivity index (χ1) is 9.48. The van der Waals surface area contributed by atoms with Crippen LogP contribution in [0.5, 0.6) is 0 Å². The molecule has 110 valence electrons. The first-order valence-corrected chi connectivity index (χ1v) is 7.27. The Balaban J connectivity index is 1.61. The summed E-state index contributed by atoms with van der Waals surface area (Å²) in [4.78, 5) is 12.1. The molecular formula is C15H22N2O3. The van der Waals surface area contributed by atoms with Crippen LogP contribution in [0.25, 0.3) is 0 Å². The van der Waals surface area contributed by atoms with Crippen molar-refractivity contribution in [1.29, 1.82) is 0 Å². The second-order valence-electron chi connectivity index (χ2n) is 6.53. The minimum absolute atomic E-state index is 0.0167. The van der Waals surface area contributed by atoms with Gasteiger partial charge in [0.05, 0.1) is 18.7 Å². The van der Waals surface area contributed by atoms with Crippen LogP contribution in [-0.2, 0) is 27.7 Å². The molecule has 3 atom stereocenters. The van der Waals surface area contributed by atoms with Gasteiger partial charge in [0, 0.05) is 36.7 Å². The van der Waals surface area contributed by atoms with E-state index in [1.165, 1.54) is 0 Å². The molecule has 3 rings (SSSR count). The monoisotopic (exact) mass is 278 g/mol. The van der Waals surface area contributed by atoms with Gasteiger partial charge < -0.3 is 9.47 Å². The SMILES string of the molecule is Cn1cc(CC(=O)OC2C3CCCOC3C2(C)C)cn1. The van der Waals surface area contributed by atoms with Crippen LogP contribution in [0.4, 0.5) is 0 Å². The molecule has 5 nitrogen and oxygen atoms in total. The predicted octanol–water partition coefficient (Wildman–Crippen LogP) is 1.71. The Hall–Kier alpha value is -1.36. The molecule has 0 amide bonds. The fourth-order valence-corrected chi connectivity index (χ4v) is 3.63. The summed E-state index contributed by atoms with van der Waals surface area (Å²) in [6.07, 6.45) is 6.23. The summed E-state index contributed by atoms with van der Waals surface area (Å²) >= 11 is 0. The highest BCUT2D eigenvalue weighted by atomic mass is 16.6. The van der Waals surface area contributed by atoms with E-state index in [1.54, 1.807) is 10.9 Å². The smallest absolute Gasteiger partial charge is 0.310 e. The van der Waals surface area contributed by atoms with E-state index in [-0.39, 0.29) is 23.6 Å². The average molecular weight is 278 g/mol. The minimum atomic E-state index is -0.167. The third-order valence-electron chi connectivity index (χ3n) is 4.59. The summed E-state index contributed by atoms with van der Waals surface area (Å²) in [6.45, 7) is 5.09. The number of fused-ring (bicyclic) bond motifs is 1. The van der Waals surface area contributed by atoms with Crippen LogP contribution in [0.1, 0.15) is 32.3 Å². The molecule has 1 aliphatic heterocycles. The van der Waals surface area contributed by atoms with Gasteiger partial charge in [-0.1, -0.05) is 13.8 Å². The fraction of sp³-hybridized carbons (Fsp3) is 0.733. The number of aromatic nitrogens is 2. The van der Waals surface area contributed by atoms with E-state index in [1.807, 2.05) is 13.2 Å². The topological polar surface area (TPSA) is 53.4 Å². The van der Waals surface area contributed by atoms with Gasteiger partial charge in [-0.3, -0.25) is 9.48 Å². The third-order valence-corrected chi connectivity index (χ3v) is 4.59. The Bertz CT molecular complexity index is 509. The second-order valence-corrected chi connectivity index (χ2v) is 6.53. The maximum atomic E-state index is 12.1. The van der Waals surface area contributed by atoms with E-state index in [2.05, 4.69) is 18.9 Å². The number of rotatable bonds is 3. The van der Waals surface area contributed by atoms with Crippen LogP contribution < -0.4 is 0 Å². The standard InChI is InChI=1S/C15H22N2O3/c1-15(2)13-11(5-4-6-19-13)14(15)20-12(18)7-10-8-16-17(3)9-10/h8-9,11,13-14H,4-7H2,1-3H3. The molecule has 20 heavy (non-hydrogen) atoms. The highest BCUT2D eigenvalue weighted by Crippen LogP contribution is 2.52. The van der Waals surface area contributed by atoms with Crippen LogP contribution in [0.15, 0.2) is 12.4 Å². The molecule has 0 aromatic carbocycles. The Morgan fingerprint density at radius 2 is 2.40 bits per heavy atom. The molecule has 3 unspecified atom stereocenters. The quantitative estimate of drug-likeness (QED) is 0.790. The Labute approximate surface area is 119 Å². The highest BCUT2D eigenvalue weighted by molar-refractivity contribution is 5.72. The number of esters is 1. The van der Waals surface area contributed by atoms with E-state index >= 15 is 0 Å². The zero-order valence-corrected chi connectivity index (χ0v) is 12.3. The number of carbonyl (C=O) groups is 1. The van der Waals surface area contributed by atoms with Gasteiger partial charge in [0.1, 0.15) is 6.10 Å². The molecule has 1 aromatic heterocycles. The maximum Gasteiger partial charge on any atom is 0.310 e. The molecule has 2 aliphatic rings. The van der Waals surface area contributed by atoms with Crippen LogP contribution in [-0.4, -0.2) is 34.6 Å². The Morgan fingerprint density at radius 1 is 1.60 bits per heavy atom. The van der Waals surface area contributed by atoms with Gasteiger partial charge in [0.25, 0.3) is 0 Å². The largest absolute Gasteiger partial charge is 0.461 e. The summed E-state index contributed by atoms with van der Waals surface area (Å²) in [5, 5.41) is 4.07. The molecule has 1 aromatic rings. The van der Waals surface area contributed by atoms with E-state index in [0.717, 1.165) is 25.0 Å². The molecule has 1 saturated carbocycles. The predicted molar refractivity (Wildman–Crippen MR) is 73.0 cm³/mol. The lowest BCUT2D eigenvalue weighted by Gasteiger charge is -2.58. The number of hydrogen-bond acceptors (Lipinski definition) is 4. The van der Waals surface area contributed by atoms with Crippen molar-refractivity contribution in [3.63, 3.8) is 0 Å². The van der Waals surface area contributed by atoms with Crippen molar-refractivity contribution in [3.05, 3.63) is 18.0 Å². The summed E-state index contributed by atoms with van der Waals surface area (Å²) in [5.41, 5.74) is 0.821. The van der Waals surface area contributed by atoms with E-state index in [4.69, 9.17) is 9.47 Å². The van der Waals surface area contributed by atoms with Crippen molar-refractivity contribution in [2.45, 2.75) is 45.3 Å². The van der Waals surface area contributed by atoms with Crippen molar-refractivity contribution in [2.24, 2.45) is 18.4 Å². The molecule has 1 saturated heterocycles. The summed E-state index contributed by atoms with van der Waals surface area (Å²) in [5.74, 6) is 0.205. The minimum Gasteiger partial charge on any atom is -0.461 e. The third kappa shape index (κ3) is 2.24. The Kier molecular flexibility index (Phi) is 3.32. The number of aryl methyl sites for hydroxylation is 1. The molecule has 0 N–H and O–H groups in total. The zero-order valence-electron chi connectivity index (χ0n) is 12.3. The molecule has 2 fully saturated rings. The number of nitrogens with zero attached hydrogens (tertiary/aromatic N) is 2. The van der Waals surface area contributed by atoms with Gasteiger partial charge >= 0.3 is 5.97 Å². The van der Waals surface area contributed by atoms with E-state index < -0.39 is 0 Å². The van der Waals surface area contributed by atoms with E-state index in [0.29, 0.717) is 12.3 Å². The van der Waals surface area contributed by atoms with Crippen LogP contribution in [0.2, 0.25) is 0 Å².